The molecule has 1 N–H and O–H groups in total. The van der Waals surface area contributed by atoms with Gasteiger partial charge in [0.2, 0.25) is 11.8 Å². The molecule has 1 aromatic carbocycles. The number of methoxy groups -OCH3 is 1. The lowest BCUT2D eigenvalue weighted by Crippen LogP contribution is -2.41. The van der Waals surface area contributed by atoms with E-state index in [4.69, 9.17) is 14.0 Å². The third-order valence-electron chi connectivity index (χ3n) is 6.43. The SMILES string of the molecule is COc1ccc(OCC(=O)N[C@@H]2CC3CN(C(=O)C(C)C)C[C@@]3(c3nc(C)no3)C2)cc1. The van der Waals surface area contributed by atoms with Crippen molar-refractivity contribution in [2.24, 2.45) is 11.8 Å². The molecule has 1 saturated heterocycles. The van der Waals surface area contributed by atoms with E-state index in [0.717, 1.165) is 12.2 Å². The minimum absolute atomic E-state index is 0.0459. The number of fused-ring (bicyclic) bond motifs is 1. The van der Waals surface area contributed by atoms with Gasteiger partial charge in [-0.05, 0) is 49.9 Å². The van der Waals surface area contributed by atoms with E-state index in [-0.39, 0.29) is 36.3 Å². The molecule has 1 unspecified atom stereocenters. The molecule has 2 amide bonds. The number of nitrogens with one attached hydrogen (secondary N) is 1. The van der Waals surface area contributed by atoms with Crippen molar-refractivity contribution in [3.63, 3.8) is 0 Å². The Morgan fingerprint density at radius 1 is 1.28 bits per heavy atom. The molecule has 3 atom stereocenters. The fourth-order valence-corrected chi connectivity index (χ4v) is 4.93. The van der Waals surface area contributed by atoms with Crippen LogP contribution in [0.1, 0.15) is 38.4 Å². The van der Waals surface area contributed by atoms with Crippen LogP contribution in [0.15, 0.2) is 28.8 Å². The first-order chi connectivity index (χ1) is 15.3. The monoisotopic (exact) mass is 442 g/mol. The Hall–Kier alpha value is -3.10. The summed E-state index contributed by atoms with van der Waals surface area (Å²) in [5.41, 5.74) is -0.430. The lowest BCUT2D eigenvalue weighted by atomic mass is 9.80. The van der Waals surface area contributed by atoms with Gasteiger partial charge >= 0.3 is 0 Å². The van der Waals surface area contributed by atoms with Crippen LogP contribution in [-0.4, -0.2) is 59.7 Å². The van der Waals surface area contributed by atoms with Gasteiger partial charge in [0.15, 0.2) is 12.4 Å². The standard InChI is InChI=1S/C23H30N4O5/c1-14(2)21(29)27-11-16-9-17(10-23(16,13-27)22-24-15(3)26-32-22)25-20(28)12-31-19-7-5-18(30-4)6-8-19/h5-8,14,16-17H,9-13H2,1-4H3,(H,25,28)/t16?,17-,23+/m1/s1. The van der Waals surface area contributed by atoms with Gasteiger partial charge in [0.1, 0.15) is 11.5 Å². The normalized spacial score (nSPS) is 24.5. The fraction of sp³-hybridized carbons (Fsp3) is 0.565. The second-order valence-electron chi connectivity index (χ2n) is 9.04. The van der Waals surface area contributed by atoms with Crippen molar-refractivity contribution in [2.75, 3.05) is 26.8 Å². The highest BCUT2D eigenvalue weighted by Crippen LogP contribution is 2.50. The molecular weight excluding hydrogens is 412 g/mol. The number of amides is 2. The molecule has 1 saturated carbocycles. The van der Waals surface area contributed by atoms with Crippen molar-refractivity contribution in [2.45, 2.75) is 45.1 Å². The number of hydrogen-bond acceptors (Lipinski definition) is 7. The average Bonchev–Trinajstić information content (AvgIpc) is 3.44. The van der Waals surface area contributed by atoms with Gasteiger partial charge in [-0.2, -0.15) is 4.98 Å². The quantitative estimate of drug-likeness (QED) is 0.700. The minimum Gasteiger partial charge on any atom is -0.497 e. The van der Waals surface area contributed by atoms with Crippen LogP contribution in [0.3, 0.4) is 0 Å². The predicted octanol–water partition coefficient (Wildman–Crippen LogP) is 2.10. The van der Waals surface area contributed by atoms with Crippen LogP contribution >= 0.6 is 0 Å². The molecule has 0 radical (unpaired) electrons. The molecule has 0 spiro atoms. The molecule has 1 aliphatic carbocycles. The Kier molecular flexibility index (Phi) is 6.08. The number of rotatable bonds is 7. The number of carbonyl (C=O) groups excluding carboxylic acids is 2. The maximum absolute atomic E-state index is 12.6. The zero-order valence-corrected chi connectivity index (χ0v) is 19.0. The smallest absolute Gasteiger partial charge is 0.258 e. The highest BCUT2D eigenvalue weighted by Gasteiger charge is 2.58. The molecule has 32 heavy (non-hydrogen) atoms. The number of carbonyl (C=O) groups is 2. The van der Waals surface area contributed by atoms with Gasteiger partial charge in [0, 0.05) is 25.0 Å². The molecular formula is C23H30N4O5. The van der Waals surface area contributed by atoms with E-state index in [9.17, 15) is 9.59 Å². The van der Waals surface area contributed by atoms with E-state index in [1.54, 1.807) is 38.3 Å². The summed E-state index contributed by atoms with van der Waals surface area (Å²) in [5.74, 6) is 2.49. The van der Waals surface area contributed by atoms with Gasteiger partial charge < -0.3 is 24.2 Å². The minimum atomic E-state index is -0.430. The number of benzene rings is 1. The second kappa shape index (κ2) is 8.80. The van der Waals surface area contributed by atoms with Crippen LogP contribution in [0, 0.1) is 18.8 Å². The molecule has 2 aromatic rings. The third kappa shape index (κ3) is 4.28. The van der Waals surface area contributed by atoms with Crippen LogP contribution in [0.2, 0.25) is 0 Å². The molecule has 1 aromatic heterocycles. The first-order valence-electron chi connectivity index (χ1n) is 11.0. The molecule has 0 bridgehead atoms. The summed E-state index contributed by atoms with van der Waals surface area (Å²) >= 11 is 0. The van der Waals surface area contributed by atoms with Crippen molar-refractivity contribution in [1.82, 2.24) is 20.4 Å². The topological polar surface area (TPSA) is 107 Å². The first-order valence-corrected chi connectivity index (χ1v) is 11.0. The highest BCUT2D eigenvalue weighted by molar-refractivity contribution is 5.79. The number of aromatic nitrogens is 2. The van der Waals surface area contributed by atoms with Crippen molar-refractivity contribution < 1.29 is 23.6 Å². The maximum atomic E-state index is 12.6. The molecule has 9 nitrogen and oxygen atoms in total. The van der Waals surface area contributed by atoms with Crippen LogP contribution in [0.5, 0.6) is 11.5 Å². The molecule has 172 valence electrons. The lowest BCUT2D eigenvalue weighted by Gasteiger charge is -2.26. The Morgan fingerprint density at radius 2 is 2.00 bits per heavy atom. The van der Waals surface area contributed by atoms with Crippen molar-refractivity contribution >= 4 is 11.8 Å². The average molecular weight is 443 g/mol. The number of aryl methyl sites for hydroxylation is 1. The van der Waals surface area contributed by atoms with Crippen LogP contribution in [0.25, 0.3) is 0 Å². The van der Waals surface area contributed by atoms with E-state index in [1.807, 2.05) is 18.7 Å². The van der Waals surface area contributed by atoms with Crippen LogP contribution < -0.4 is 14.8 Å². The molecule has 2 heterocycles. The zero-order valence-electron chi connectivity index (χ0n) is 19.0. The fourth-order valence-electron chi connectivity index (χ4n) is 4.93. The van der Waals surface area contributed by atoms with Gasteiger partial charge in [0.05, 0.1) is 12.5 Å². The summed E-state index contributed by atoms with van der Waals surface area (Å²) in [4.78, 5) is 31.6. The predicted molar refractivity (Wildman–Crippen MR) is 115 cm³/mol. The Labute approximate surface area is 187 Å². The zero-order chi connectivity index (χ0) is 22.9. The molecule has 2 aliphatic rings. The first kappa shape index (κ1) is 22.1. The van der Waals surface area contributed by atoms with Crippen LogP contribution in [0.4, 0.5) is 0 Å². The van der Waals surface area contributed by atoms with Crippen molar-refractivity contribution in [3.8, 4) is 11.5 Å². The van der Waals surface area contributed by atoms with Gasteiger partial charge in [-0.1, -0.05) is 19.0 Å². The highest BCUT2D eigenvalue weighted by atomic mass is 16.5. The summed E-state index contributed by atoms with van der Waals surface area (Å²) in [6.07, 6.45) is 1.40. The van der Waals surface area contributed by atoms with E-state index in [0.29, 0.717) is 37.0 Å². The molecule has 4 rings (SSSR count). The summed E-state index contributed by atoms with van der Waals surface area (Å²) < 4.78 is 16.3. The summed E-state index contributed by atoms with van der Waals surface area (Å²) in [6.45, 7) is 6.70. The van der Waals surface area contributed by atoms with Crippen LogP contribution in [-0.2, 0) is 15.0 Å². The Morgan fingerprint density at radius 3 is 2.62 bits per heavy atom. The largest absolute Gasteiger partial charge is 0.497 e. The second-order valence-corrected chi connectivity index (χ2v) is 9.04. The van der Waals surface area contributed by atoms with Gasteiger partial charge in [-0.3, -0.25) is 9.59 Å². The van der Waals surface area contributed by atoms with E-state index >= 15 is 0 Å². The van der Waals surface area contributed by atoms with Crippen molar-refractivity contribution in [1.29, 1.82) is 0 Å². The third-order valence-corrected chi connectivity index (χ3v) is 6.43. The van der Waals surface area contributed by atoms with E-state index < -0.39 is 5.41 Å². The lowest BCUT2D eigenvalue weighted by molar-refractivity contribution is -0.134. The Bertz CT molecular complexity index is 973. The summed E-state index contributed by atoms with van der Waals surface area (Å²) in [5, 5.41) is 7.06. The van der Waals surface area contributed by atoms with E-state index in [1.165, 1.54) is 0 Å². The number of nitrogens with zero attached hydrogens (tertiary/aromatic N) is 3. The van der Waals surface area contributed by atoms with Gasteiger partial charge in [0.25, 0.3) is 5.91 Å². The van der Waals surface area contributed by atoms with Gasteiger partial charge in [-0.25, -0.2) is 0 Å². The maximum Gasteiger partial charge on any atom is 0.258 e. The van der Waals surface area contributed by atoms with Gasteiger partial charge in [-0.15, -0.1) is 0 Å². The summed E-state index contributed by atoms with van der Waals surface area (Å²) in [6, 6.07) is 7.05. The molecule has 2 fully saturated rings. The summed E-state index contributed by atoms with van der Waals surface area (Å²) in [7, 11) is 1.60. The molecule has 1 aliphatic heterocycles. The number of hydrogen-bond donors (Lipinski definition) is 1. The van der Waals surface area contributed by atoms with E-state index in [2.05, 4.69) is 15.5 Å². The number of ether oxygens (including phenoxy) is 2. The Balaban J connectivity index is 1.40. The number of likely N-dealkylation sites (tertiary alicyclic amines) is 1. The van der Waals surface area contributed by atoms with Crippen molar-refractivity contribution in [3.05, 3.63) is 36.0 Å². The molecule has 9 heteroatoms.